The number of hydrogen-bond acceptors (Lipinski definition) is 6. The molecule has 0 saturated heterocycles. The Balaban J connectivity index is 1.72. The summed E-state index contributed by atoms with van der Waals surface area (Å²) in [6, 6.07) is 10.1. The minimum atomic E-state index is 0.441. The van der Waals surface area contributed by atoms with Gasteiger partial charge in [0, 0.05) is 24.8 Å². The number of hydrogen-bond donors (Lipinski definition) is 0. The van der Waals surface area contributed by atoms with Crippen LogP contribution in [0.2, 0.25) is 0 Å². The summed E-state index contributed by atoms with van der Waals surface area (Å²) < 4.78 is 7.27. The van der Waals surface area contributed by atoms with Crippen molar-refractivity contribution in [3.63, 3.8) is 0 Å². The normalized spacial score (nSPS) is 11.6. The van der Waals surface area contributed by atoms with Crippen LogP contribution in [0.15, 0.2) is 41.1 Å². The van der Waals surface area contributed by atoms with Crippen LogP contribution in [0.4, 0.5) is 0 Å². The van der Waals surface area contributed by atoms with Crippen molar-refractivity contribution < 1.29 is 4.52 Å². The second-order valence-corrected chi connectivity index (χ2v) is 6.63. The SMILES string of the molecule is CN(C)CCn1ccc(-c2nc(-c3ccc(CN(C)C)cc3)no2)n1. The molecule has 1 aromatic carbocycles. The fraction of sp³-hybridized carbons (Fsp3) is 0.389. The van der Waals surface area contributed by atoms with E-state index in [0.29, 0.717) is 17.4 Å². The number of nitrogens with zero attached hydrogens (tertiary/aromatic N) is 6. The molecule has 0 aliphatic carbocycles. The topological polar surface area (TPSA) is 63.2 Å². The highest BCUT2D eigenvalue weighted by molar-refractivity contribution is 5.58. The van der Waals surface area contributed by atoms with Crippen molar-refractivity contribution >= 4 is 0 Å². The molecule has 2 heterocycles. The van der Waals surface area contributed by atoms with Gasteiger partial charge in [-0.15, -0.1) is 0 Å². The molecule has 0 unspecified atom stereocenters. The third kappa shape index (κ3) is 4.52. The summed E-state index contributed by atoms with van der Waals surface area (Å²) in [5.74, 6) is 1.02. The van der Waals surface area contributed by atoms with E-state index in [4.69, 9.17) is 4.52 Å². The van der Waals surface area contributed by atoms with Gasteiger partial charge >= 0.3 is 0 Å². The second kappa shape index (κ2) is 7.58. The van der Waals surface area contributed by atoms with Gasteiger partial charge in [-0.1, -0.05) is 29.4 Å². The first-order valence-corrected chi connectivity index (χ1v) is 8.27. The first-order chi connectivity index (χ1) is 12.0. The average molecular weight is 340 g/mol. The van der Waals surface area contributed by atoms with Gasteiger partial charge in [-0.05, 0) is 39.8 Å². The van der Waals surface area contributed by atoms with Gasteiger partial charge in [0.2, 0.25) is 5.82 Å². The maximum absolute atomic E-state index is 5.38. The zero-order valence-corrected chi connectivity index (χ0v) is 15.2. The Labute approximate surface area is 147 Å². The number of likely N-dealkylation sites (N-methyl/N-ethyl adjacent to an activating group) is 1. The van der Waals surface area contributed by atoms with E-state index in [2.05, 4.69) is 51.3 Å². The van der Waals surface area contributed by atoms with Gasteiger partial charge in [0.25, 0.3) is 5.89 Å². The van der Waals surface area contributed by atoms with Crippen molar-refractivity contribution in [3.05, 3.63) is 42.1 Å². The molecule has 0 radical (unpaired) electrons. The van der Waals surface area contributed by atoms with Gasteiger partial charge in [-0.25, -0.2) is 0 Å². The van der Waals surface area contributed by atoms with Crippen molar-refractivity contribution in [2.24, 2.45) is 0 Å². The van der Waals surface area contributed by atoms with Crippen LogP contribution in [0.5, 0.6) is 0 Å². The van der Waals surface area contributed by atoms with E-state index in [0.717, 1.165) is 25.2 Å². The molecule has 3 rings (SSSR count). The molecule has 0 aliphatic heterocycles. The Morgan fingerprint density at radius 3 is 2.44 bits per heavy atom. The Morgan fingerprint density at radius 2 is 1.76 bits per heavy atom. The van der Waals surface area contributed by atoms with Crippen molar-refractivity contribution in [1.82, 2.24) is 29.7 Å². The van der Waals surface area contributed by atoms with E-state index >= 15 is 0 Å². The number of benzene rings is 1. The molecule has 2 aromatic heterocycles. The van der Waals surface area contributed by atoms with Crippen molar-refractivity contribution in [2.45, 2.75) is 13.1 Å². The van der Waals surface area contributed by atoms with Crippen LogP contribution < -0.4 is 0 Å². The van der Waals surface area contributed by atoms with E-state index in [1.54, 1.807) is 0 Å². The largest absolute Gasteiger partial charge is 0.332 e. The summed E-state index contributed by atoms with van der Waals surface area (Å²) in [4.78, 5) is 8.73. The van der Waals surface area contributed by atoms with E-state index < -0.39 is 0 Å². The minimum absolute atomic E-state index is 0.441. The molecule has 7 nitrogen and oxygen atoms in total. The first-order valence-electron chi connectivity index (χ1n) is 8.27. The van der Waals surface area contributed by atoms with Crippen LogP contribution in [0, 0.1) is 0 Å². The Kier molecular flexibility index (Phi) is 5.25. The fourth-order valence-electron chi connectivity index (χ4n) is 2.47. The molecule has 0 fully saturated rings. The van der Waals surface area contributed by atoms with Gasteiger partial charge in [0.1, 0.15) is 0 Å². The van der Waals surface area contributed by atoms with Crippen molar-refractivity contribution in [2.75, 3.05) is 34.7 Å². The average Bonchev–Trinajstić information content (AvgIpc) is 3.22. The maximum Gasteiger partial charge on any atom is 0.278 e. The van der Waals surface area contributed by atoms with Gasteiger partial charge in [0.15, 0.2) is 5.69 Å². The number of aromatic nitrogens is 4. The summed E-state index contributed by atoms with van der Waals surface area (Å²) in [5, 5.41) is 8.58. The summed E-state index contributed by atoms with van der Waals surface area (Å²) >= 11 is 0. The molecule has 0 bridgehead atoms. The van der Waals surface area contributed by atoms with Gasteiger partial charge in [-0.2, -0.15) is 10.1 Å². The van der Waals surface area contributed by atoms with E-state index in [9.17, 15) is 0 Å². The standard InChI is InChI=1S/C18H24N6O/c1-22(2)11-12-24-10-9-16(20-24)18-19-17(21-25-18)15-7-5-14(6-8-15)13-23(3)4/h5-10H,11-13H2,1-4H3. The van der Waals surface area contributed by atoms with E-state index in [-0.39, 0.29) is 0 Å². The van der Waals surface area contributed by atoms with Crippen LogP contribution in [0.3, 0.4) is 0 Å². The number of rotatable bonds is 7. The lowest BCUT2D eigenvalue weighted by molar-refractivity contribution is 0.373. The molecule has 0 atom stereocenters. The highest BCUT2D eigenvalue weighted by atomic mass is 16.5. The molecule has 0 amide bonds. The third-order valence-electron chi connectivity index (χ3n) is 3.77. The molecular weight excluding hydrogens is 316 g/mol. The Hall–Kier alpha value is -2.51. The lowest BCUT2D eigenvalue weighted by Gasteiger charge is -2.09. The second-order valence-electron chi connectivity index (χ2n) is 6.63. The zero-order chi connectivity index (χ0) is 17.8. The summed E-state index contributed by atoms with van der Waals surface area (Å²) in [5.41, 5.74) is 2.88. The van der Waals surface area contributed by atoms with Crippen LogP contribution in [-0.4, -0.2) is 64.5 Å². The lowest BCUT2D eigenvalue weighted by Crippen LogP contribution is -2.18. The molecule has 0 saturated carbocycles. The monoisotopic (exact) mass is 340 g/mol. The Bertz CT molecular complexity index is 803. The minimum Gasteiger partial charge on any atom is -0.332 e. The highest BCUT2D eigenvalue weighted by Gasteiger charge is 2.13. The first kappa shape index (κ1) is 17.3. The van der Waals surface area contributed by atoms with E-state index in [1.165, 1.54) is 5.56 Å². The van der Waals surface area contributed by atoms with Crippen LogP contribution in [-0.2, 0) is 13.1 Å². The van der Waals surface area contributed by atoms with Crippen LogP contribution in [0.25, 0.3) is 23.0 Å². The highest BCUT2D eigenvalue weighted by Crippen LogP contribution is 2.21. The van der Waals surface area contributed by atoms with E-state index in [1.807, 2.05) is 43.2 Å². The quantitative estimate of drug-likeness (QED) is 0.657. The summed E-state index contributed by atoms with van der Waals surface area (Å²) in [6.07, 6.45) is 1.93. The smallest absolute Gasteiger partial charge is 0.278 e. The zero-order valence-electron chi connectivity index (χ0n) is 15.2. The van der Waals surface area contributed by atoms with Gasteiger partial charge in [-0.3, -0.25) is 4.68 Å². The van der Waals surface area contributed by atoms with Gasteiger partial charge < -0.3 is 14.3 Å². The molecular formula is C18H24N6O. The molecule has 7 heteroatoms. The Morgan fingerprint density at radius 1 is 1.00 bits per heavy atom. The molecule has 25 heavy (non-hydrogen) atoms. The van der Waals surface area contributed by atoms with Crippen LogP contribution in [0.1, 0.15) is 5.56 Å². The summed E-state index contributed by atoms with van der Waals surface area (Å²) in [7, 11) is 8.19. The molecule has 3 aromatic rings. The molecule has 0 aliphatic rings. The van der Waals surface area contributed by atoms with Crippen LogP contribution >= 0.6 is 0 Å². The fourth-order valence-corrected chi connectivity index (χ4v) is 2.47. The van der Waals surface area contributed by atoms with Crippen molar-refractivity contribution in [1.29, 1.82) is 0 Å². The third-order valence-corrected chi connectivity index (χ3v) is 3.77. The predicted octanol–water partition coefficient (Wildman–Crippen LogP) is 2.22. The summed E-state index contributed by atoms with van der Waals surface area (Å²) in [6.45, 7) is 2.65. The molecule has 0 N–H and O–H groups in total. The molecule has 132 valence electrons. The predicted molar refractivity (Wildman–Crippen MR) is 96.9 cm³/mol. The molecule has 0 spiro atoms. The van der Waals surface area contributed by atoms with Gasteiger partial charge in [0.05, 0.1) is 6.54 Å². The van der Waals surface area contributed by atoms with Crippen molar-refractivity contribution in [3.8, 4) is 23.0 Å². The lowest BCUT2D eigenvalue weighted by atomic mass is 10.1. The maximum atomic E-state index is 5.38.